The van der Waals surface area contributed by atoms with E-state index in [1.165, 1.54) is 4.90 Å². The van der Waals surface area contributed by atoms with Crippen molar-refractivity contribution in [2.75, 3.05) is 0 Å². The molecular formula is C13H13NO4S. The smallest absolute Gasteiger partial charge is 0.346 e. The summed E-state index contributed by atoms with van der Waals surface area (Å²) in [5, 5.41) is 10.7. The van der Waals surface area contributed by atoms with Crippen molar-refractivity contribution in [1.29, 1.82) is 0 Å². The topological polar surface area (TPSA) is 74.7 Å². The van der Waals surface area contributed by atoms with E-state index in [0.717, 1.165) is 30.6 Å². The van der Waals surface area contributed by atoms with Crippen LogP contribution >= 0.6 is 11.3 Å². The van der Waals surface area contributed by atoms with Crippen molar-refractivity contribution in [2.45, 2.75) is 25.8 Å². The Bertz CT molecular complexity index is 543. The summed E-state index contributed by atoms with van der Waals surface area (Å²) >= 11 is 1.12. The number of amides is 2. The Kier molecular flexibility index (Phi) is 2.89. The minimum Gasteiger partial charge on any atom is -0.477 e. The number of carbonyl (C=O) groups excluding carboxylic acids is 2. The van der Waals surface area contributed by atoms with Gasteiger partial charge in [-0.2, -0.15) is 0 Å². The zero-order valence-corrected chi connectivity index (χ0v) is 11.0. The van der Waals surface area contributed by atoms with E-state index in [1.807, 2.05) is 0 Å². The maximum atomic E-state index is 12.2. The molecular weight excluding hydrogens is 266 g/mol. The number of nitrogens with zero attached hydrogens (tertiary/aromatic N) is 1. The van der Waals surface area contributed by atoms with Gasteiger partial charge in [0.1, 0.15) is 4.88 Å². The molecule has 1 aliphatic carbocycles. The first-order valence-electron chi connectivity index (χ1n) is 6.24. The Hall–Kier alpha value is -1.69. The van der Waals surface area contributed by atoms with E-state index in [2.05, 4.69) is 0 Å². The van der Waals surface area contributed by atoms with Gasteiger partial charge in [0.15, 0.2) is 0 Å². The van der Waals surface area contributed by atoms with Gasteiger partial charge in [0.25, 0.3) is 0 Å². The Morgan fingerprint density at radius 1 is 1.32 bits per heavy atom. The summed E-state index contributed by atoms with van der Waals surface area (Å²) in [6.07, 6.45) is 2.49. The molecule has 1 saturated heterocycles. The van der Waals surface area contributed by atoms with Crippen molar-refractivity contribution >= 4 is 29.1 Å². The Balaban J connectivity index is 1.84. The molecule has 1 saturated carbocycles. The molecule has 2 fully saturated rings. The molecule has 2 atom stereocenters. The van der Waals surface area contributed by atoms with Crippen LogP contribution < -0.4 is 0 Å². The third-order valence-corrected chi connectivity index (χ3v) is 4.90. The Labute approximate surface area is 113 Å². The molecule has 2 amide bonds. The third kappa shape index (κ3) is 1.87. The van der Waals surface area contributed by atoms with Crippen LogP contribution in [0, 0.1) is 11.8 Å². The van der Waals surface area contributed by atoms with Crippen LogP contribution in [0.15, 0.2) is 11.4 Å². The van der Waals surface area contributed by atoms with Gasteiger partial charge in [-0.05, 0) is 29.9 Å². The lowest BCUT2D eigenvalue weighted by Gasteiger charge is -2.15. The predicted octanol–water partition coefficient (Wildman–Crippen LogP) is 1.73. The fraction of sp³-hybridized carbons (Fsp3) is 0.462. The highest BCUT2D eigenvalue weighted by atomic mass is 32.1. The zero-order valence-electron chi connectivity index (χ0n) is 10.2. The number of rotatable bonds is 3. The Morgan fingerprint density at radius 3 is 2.53 bits per heavy atom. The molecule has 3 rings (SSSR count). The van der Waals surface area contributed by atoms with Crippen LogP contribution in [0.2, 0.25) is 0 Å². The highest BCUT2D eigenvalue weighted by Gasteiger charge is 2.49. The van der Waals surface area contributed by atoms with Gasteiger partial charge in [0, 0.05) is 0 Å². The summed E-state index contributed by atoms with van der Waals surface area (Å²) in [4.78, 5) is 36.8. The van der Waals surface area contributed by atoms with E-state index in [9.17, 15) is 14.4 Å². The van der Waals surface area contributed by atoms with E-state index in [4.69, 9.17) is 5.11 Å². The number of hydrogen-bond donors (Lipinski definition) is 1. The molecule has 1 aromatic rings. The van der Waals surface area contributed by atoms with E-state index >= 15 is 0 Å². The molecule has 100 valence electrons. The predicted molar refractivity (Wildman–Crippen MR) is 67.7 cm³/mol. The van der Waals surface area contributed by atoms with Crippen molar-refractivity contribution in [3.05, 3.63) is 21.9 Å². The fourth-order valence-corrected chi connectivity index (χ4v) is 3.79. The molecule has 0 aromatic carbocycles. The lowest BCUT2D eigenvalue weighted by molar-refractivity contribution is -0.141. The van der Waals surface area contributed by atoms with Gasteiger partial charge in [-0.1, -0.05) is 6.42 Å². The number of carbonyl (C=O) groups is 3. The molecule has 1 aromatic heterocycles. The van der Waals surface area contributed by atoms with Gasteiger partial charge >= 0.3 is 5.97 Å². The zero-order chi connectivity index (χ0) is 13.6. The maximum Gasteiger partial charge on any atom is 0.346 e. The van der Waals surface area contributed by atoms with Gasteiger partial charge in [-0.3, -0.25) is 14.5 Å². The molecule has 2 unspecified atom stereocenters. The van der Waals surface area contributed by atoms with Gasteiger partial charge in [0.05, 0.1) is 18.4 Å². The van der Waals surface area contributed by atoms with E-state index < -0.39 is 5.97 Å². The summed E-state index contributed by atoms with van der Waals surface area (Å²) in [6, 6.07) is 1.67. The number of carboxylic acid groups (broad SMARTS) is 1. The SMILES string of the molecule is O=C(O)c1sccc1CN1C(=O)C2CCCC2C1=O. The molecule has 19 heavy (non-hydrogen) atoms. The first-order chi connectivity index (χ1) is 9.09. The molecule has 1 aliphatic heterocycles. The summed E-state index contributed by atoms with van der Waals surface area (Å²) in [6.45, 7) is 0.0931. The monoisotopic (exact) mass is 279 g/mol. The average molecular weight is 279 g/mol. The molecule has 2 aliphatic rings. The van der Waals surface area contributed by atoms with Crippen molar-refractivity contribution in [3.8, 4) is 0 Å². The largest absolute Gasteiger partial charge is 0.477 e. The summed E-state index contributed by atoms with van der Waals surface area (Å²) in [7, 11) is 0. The number of fused-ring (bicyclic) bond motifs is 1. The molecule has 0 spiro atoms. The minimum absolute atomic E-state index is 0.0931. The number of likely N-dealkylation sites (tertiary alicyclic amines) is 1. The number of aromatic carboxylic acids is 1. The maximum absolute atomic E-state index is 12.2. The van der Waals surface area contributed by atoms with Crippen LogP contribution in [0.4, 0.5) is 0 Å². The van der Waals surface area contributed by atoms with Crippen molar-refractivity contribution < 1.29 is 19.5 Å². The second-order valence-electron chi connectivity index (χ2n) is 4.99. The van der Waals surface area contributed by atoms with Crippen LogP contribution in [0.25, 0.3) is 0 Å². The third-order valence-electron chi connectivity index (χ3n) is 3.95. The second kappa shape index (κ2) is 4.45. The van der Waals surface area contributed by atoms with Crippen LogP contribution in [0.1, 0.15) is 34.5 Å². The average Bonchev–Trinajstić information content (AvgIpc) is 3.05. The highest BCUT2D eigenvalue weighted by Crippen LogP contribution is 2.40. The van der Waals surface area contributed by atoms with Crippen LogP contribution in [0.3, 0.4) is 0 Å². The number of imide groups is 1. The van der Waals surface area contributed by atoms with Gasteiger partial charge < -0.3 is 5.11 Å². The lowest BCUT2D eigenvalue weighted by atomic mass is 10.00. The van der Waals surface area contributed by atoms with Crippen molar-refractivity contribution in [2.24, 2.45) is 11.8 Å². The van der Waals surface area contributed by atoms with Gasteiger partial charge in [0.2, 0.25) is 11.8 Å². The van der Waals surface area contributed by atoms with Crippen LogP contribution in [-0.2, 0) is 16.1 Å². The molecule has 2 heterocycles. The normalized spacial score (nSPS) is 26.0. The number of hydrogen-bond acceptors (Lipinski definition) is 4. The summed E-state index contributed by atoms with van der Waals surface area (Å²) in [5.41, 5.74) is 0.541. The lowest BCUT2D eigenvalue weighted by Crippen LogP contribution is -2.31. The first kappa shape index (κ1) is 12.3. The summed E-state index contributed by atoms with van der Waals surface area (Å²) in [5.74, 6) is -1.60. The quantitative estimate of drug-likeness (QED) is 0.855. The second-order valence-corrected chi connectivity index (χ2v) is 5.90. The molecule has 1 N–H and O–H groups in total. The van der Waals surface area contributed by atoms with Crippen molar-refractivity contribution in [1.82, 2.24) is 4.90 Å². The van der Waals surface area contributed by atoms with Crippen LogP contribution in [0.5, 0.6) is 0 Å². The first-order valence-corrected chi connectivity index (χ1v) is 7.12. The molecule has 5 nitrogen and oxygen atoms in total. The highest BCUT2D eigenvalue weighted by molar-refractivity contribution is 7.12. The Morgan fingerprint density at radius 2 is 1.95 bits per heavy atom. The molecule has 6 heteroatoms. The van der Waals surface area contributed by atoms with Crippen molar-refractivity contribution in [3.63, 3.8) is 0 Å². The fourth-order valence-electron chi connectivity index (χ4n) is 3.03. The van der Waals surface area contributed by atoms with Gasteiger partial charge in [-0.15, -0.1) is 11.3 Å². The standard InChI is InChI=1S/C13H13NO4S/c15-11-8-2-1-3-9(8)12(16)14(11)6-7-4-5-19-10(7)13(17)18/h4-5,8-9H,1-3,6H2,(H,17,18). The van der Waals surface area contributed by atoms with Crippen LogP contribution in [-0.4, -0.2) is 27.8 Å². The molecule has 0 radical (unpaired) electrons. The van der Waals surface area contributed by atoms with E-state index in [-0.39, 0.29) is 35.1 Å². The van der Waals surface area contributed by atoms with E-state index in [0.29, 0.717) is 5.56 Å². The minimum atomic E-state index is -1.01. The summed E-state index contributed by atoms with van der Waals surface area (Å²) < 4.78 is 0. The van der Waals surface area contributed by atoms with E-state index in [1.54, 1.807) is 11.4 Å². The number of thiophene rings is 1. The number of carboxylic acids is 1. The van der Waals surface area contributed by atoms with Gasteiger partial charge in [-0.25, -0.2) is 4.79 Å². The molecule has 0 bridgehead atoms.